The van der Waals surface area contributed by atoms with Gasteiger partial charge in [-0.1, -0.05) is 115 Å². The van der Waals surface area contributed by atoms with E-state index >= 15 is 0 Å². The first-order valence-corrected chi connectivity index (χ1v) is 16.4. The van der Waals surface area contributed by atoms with Gasteiger partial charge in [-0.25, -0.2) is 0 Å². The van der Waals surface area contributed by atoms with Gasteiger partial charge < -0.3 is 0 Å². The molecule has 228 valence electrons. The zero-order valence-electron chi connectivity index (χ0n) is 26.3. The monoisotopic (exact) mass is 625 g/mol. The van der Waals surface area contributed by atoms with Crippen molar-refractivity contribution < 1.29 is 0 Å². The molecule has 10 rings (SSSR count). The largest absolute Gasteiger partial charge is 0.264 e. The molecule has 0 unspecified atom stereocenters. The highest BCUT2D eigenvalue weighted by atomic mass is 15.5. The van der Waals surface area contributed by atoms with Crippen molar-refractivity contribution in [2.75, 3.05) is 0 Å². The molecule has 0 saturated carbocycles. The van der Waals surface area contributed by atoms with E-state index in [0.717, 1.165) is 55.1 Å². The van der Waals surface area contributed by atoms with E-state index in [-0.39, 0.29) is 0 Å². The smallest absolute Gasteiger partial charge is 0.121 e. The molecule has 49 heavy (non-hydrogen) atoms. The lowest BCUT2D eigenvalue weighted by Crippen LogP contribution is -1.98. The molecule has 0 radical (unpaired) electrons. The number of rotatable bonds is 4. The molecule has 5 nitrogen and oxygen atoms in total. The Kier molecular flexibility index (Phi) is 6.11. The molecule has 10 aromatic rings. The summed E-state index contributed by atoms with van der Waals surface area (Å²) in [6, 6.07) is 49.1. The maximum Gasteiger partial charge on any atom is 0.121 e. The first-order valence-electron chi connectivity index (χ1n) is 16.4. The molecule has 0 N–H and O–H groups in total. The summed E-state index contributed by atoms with van der Waals surface area (Å²) in [5.41, 5.74) is 9.46. The summed E-state index contributed by atoms with van der Waals surface area (Å²) in [7, 11) is 0. The topological polar surface area (TPSA) is 56.5 Å². The summed E-state index contributed by atoms with van der Waals surface area (Å²) in [6.07, 6.45) is 7.63. The second-order valence-electron chi connectivity index (χ2n) is 12.4. The molecule has 0 amide bonds. The van der Waals surface area contributed by atoms with Crippen molar-refractivity contribution in [3.05, 3.63) is 164 Å². The standard InChI is InChI=1S/C44H27N5/c1-2-12-32-30(10-1)26-46-27-40(32)43-36-16-6-4-14-34(36)42(35-15-5-7-17-37(35)43)39-24-41-44(38-18-8-3-13-33(38)39)48-49(47-41)31-21-19-28(20-22-31)29-11-9-23-45-25-29/h1-27H. The fourth-order valence-electron chi connectivity index (χ4n) is 7.41. The average molecular weight is 626 g/mol. The zero-order valence-corrected chi connectivity index (χ0v) is 26.3. The number of pyridine rings is 2. The van der Waals surface area contributed by atoms with Gasteiger partial charge in [-0.3, -0.25) is 9.97 Å². The fourth-order valence-corrected chi connectivity index (χ4v) is 7.41. The molecule has 0 bridgehead atoms. The van der Waals surface area contributed by atoms with E-state index in [0.29, 0.717) is 0 Å². The van der Waals surface area contributed by atoms with Crippen molar-refractivity contribution in [1.29, 1.82) is 0 Å². The van der Waals surface area contributed by atoms with Crippen LogP contribution in [0, 0.1) is 0 Å². The second kappa shape index (κ2) is 10.9. The second-order valence-corrected chi connectivity index (χ2v) is 12.4. The number of fused-ring (bicyclic) bond motifs is 6. The Morgan fingerprint density at radius 2 is 1.02 bits per heavy atom. The van der Waals surface area contributed by atoms with Gasteiger partial charge in [0.15, 0.2) is 0 Å². The molecule has 0 atom stereocenters. The van der Waals surface area contributed by atoms with Crippen LogP contribution in [0.25, 0.3) is 93.2 Å². The van der Waals surface area contributed by atoms with Crippen LogP contribution in [-0.2, 0) is 0 Å². The number of hydrogen-bond donors (Lipinski definition) is 0. The van der Waals surface area contributed by atoms with Gasteiger partial charge in [0.1, 0.15) is 11.0 Å². The normalized spacial score (nSPS) is 11.7. The van der Waals surface area contributed by atoms with Gasteiger partial charge in [0.25, 0.3) is 0 Å². The summed E-state index contributed by atoms with van der Waals surface area (Å²) in [4.78, 5) is 10.7. The van der Waals surface area contributed by atoms with E-state index in [4.69, 9.17) is 10.2 Å². The minimum Gasteiger partial charge on any atom is -0.264 e. The van der Waals surface area contributed by atoms with Crippen LogP contribution in [-0.4, -0.2) is 25.0 Å². The van der Waals surface area contributed by atoms with Crippen molar-refractivity contribution >= 4 is 54.1 Å². The van der Waals surface area contributed by atoms with Crippen LogP contribution < -0.4 is 0 Å². The van der Waals surface area contributed by atoms with Gasteiger partial charge in [-0.2, -0.15) is 4.80 Å². The van der Waals surface area contributed by atoms with Crippen molar-refractivity contribution in [3.8, 4) is 39.1 Å². The Bertz CT molecular complexity index is 2810. The first kappa shape index (κ1) is 27.4. The summed E-state index contributed by atoms with van der Waals surface area (Å²) < 4.78 is 0. The molecule has 7 aromatic carbocycles. The Labute approximate surface area is 281 Å². The van der Waals surface area contributed by atoms with Gasteiger partial charge in [0, 0.05) is 41.1 Å². The highest BCUT2D eigenvalue weighted by molar-refractivity contribution is 6.26. The Hall–Kier alpha value is -6.72. The minimum atomic E-state index is 0.848. The fraction of sp³-hybridized carbons (Fsp3) is 0. The zero-order chi connectivity index (χ0) is 32.3. The van der Waals surface area contributed by atoms with E-state index in [9.17, 15) is 0 Å². The van der Waals surface area contributed by atoms with Gasteiger partial charge in [-0.15, -0.1) is 10.2 Å². The third kappa shape index (κ3) is 4.33. The molecule has 5 heteroatoms. The highest BCUT2D eigenvalue weighted by Gasteiger charge is 2.21. The van der Waals surface area contributed by atoms with E-state index in [2.05, 4.69) is 143 Å². The third-order valence-corrected chi connectivity index (χ3v) is 9.62. The molecule has 0 fully saturated rings. The number of benzene rings is 7. The summed E-state index contributed by atoms with van der Waals surface area (Å²) in [5.74, 6) is 0. The molecule has 0 spiro atoms. The Morgan fingerprint density at radius 3 is 1.69 bits per heavy atom. The van der Waals surface area contributed by atoms with Crippen LogP contribution in [0.2, 0.25) is 0 Å². The molecule has 0 aliphatic heterocycles. The number of hydrogen-bond acceptors (Lipinski definition) is 4. The summed E-state index contributed by atoms with van der Waals surface area (Å²) in [6.45, 7) is 0. The average Bonchev–Trinajstić information content (AvgIpc) is 3.62. The van der Waals surface area contributed by atoms with Crippen LogP contribution in [0.4, 0.5) is 0 Å². The Morgan fingerprint density at radius 1 is 0.408 bits per heavy atom. The lowest BCUT2D eigenvalue weighted by molar-refractivity contribution is 0.766. The molecule has 0 saturated heterocycles. The van der Waals surface area contributed by atoms with E-state index < -0.39 is 0 Å². The predicted octanol–water partition coefficient (Wildman–Crippen LogP) is 10.8. The van der Waals surface area contributed by atoms with Gasteiger partial charge >= 0.3 is 0 Å². The number of nitrogens with zero attached hydrogens (tertiary/aromatic N) is 5. The van der Waals surface area contributed by atoms with Gasteiger partial charge in [0.05, 0.1) is 5.69 Å². The number of aromatic nitrogens is 5. The molecule has 3 heterocycles. The highest BCUT2D eigenvalue weighted by Crippen LogP contribution is 2.47. The quantitative estimate of drug-likeness (QED) is 0.183. The molecule has 3 aromatic heterocycles. The van der Waals surface area contributed by atoms with Crippen molar-refractivity contribution in [1.82, 2.24) is 25.0 Å². The van der Waals surface area contributed by atoms with Crippen LogP contribution in [0.1, 0.15) is 0 Å². The lowest BCUT2D eigenvalue weighted by atomic mass is 9.84. The summed E-state index contributed by atoms with van der Waals surface area (Å²) >= 11 is 0. The minimum absolute atomic E-state index is 0.848. The van der Waals surface area contributed by atoms with Crippen molar-refractivity contribution in [2.45, 2.75) is 0 Å². The van der Waals surface area contributed by atoms with E-state index in [1.807, 2.05) is 24.7 Å². The maximum atomic E-state index is 5.07. The first-order chi connectivity index (χ1) is 24.3. The van der Waals surface area contributed by atoms with E-state index in [1.54, 1.807) is 11.0 Å². The SMILES string of the molecule is c1cncc(-c2ccc(-n3nc4cc(-c5c6ccccc6c(-c6cncc7ccccc67)c6ccccc56)c5ccccc5c4n3)cc2)c1. The Balaban J connectivity index is 1.23. The summed E-state index contributed by atoms with van der Waals surface area (Å²) in [5, 5.41) is 19.4. The maximum absolute atomic E-state index is 5.07. The molecule has 0 aliphatic rings. The molecular formula is C44H27N5. The van der Waals surface area contributed by atoms with Crippen molar-refractivity contribution in [2.24, 2.45) is 0 Å². The predicted molar refractivity (Wildman–Crippen MR) is 201 cm³/mol. The lowest BCUT2D eigenvalue weighted by Gasteiger charge is -2.19. The van der Waals surface area contributed by atoms with Gasteiger partial charge in [-0.05, 0) is 84.4 Å². The van der Waals surface area contributed by atoms with Crippen LogP contribution in [0.3, 0.4) is 0 Å². The van der Waals surface area contributed by atoms with Gasteiger partial charge in [0.2, 0.25) is 0 Å². The molecule has 0 aliphatic carbocycles. The van der Waals surface area contributed by atoms with Crippen molar-refractivity contribution in [3.63, 3.8) is 0 Å². The van der Waals surface area contributed by atoms with Crippen LogP contribution in [0.5, 0.6) is 0 Å². The van der Waals surface area contributed by atoms with Crippen LogP contribution >= 0.6 is 0 Å². The van der Waals surface area contributed by atoms with E-state index in [1.165, 1.54) is 38.1 Å². The third-order valence-electron chi connectivity index (χ3n) is 9.62. The van der Waals surface area contributed by atoms with Crippen LogP contribution in [0.15, 0.2) is 164 Å². The molecular weight excluding hydrogens is 599 g/mol.